The molecule has 2 heterocycles. The lowest BCUT2D eigenvalue weighted by Gasteiger charge is -2.26. The lowest BCUT2D eigenvalue weighted by atomic mass is 9.88. The number of likely N-dealkylation sites (tertiary alicyclic amines) is 1. The van der Waals surface area contributed by atoms with Crippen molar-refractivity contribution in [2.75, 3.05) is 26.7 Å². The maximum Gasteiger partial charge on any atom is 0.225 e. The van der Waals surface area contributed by atoms with Gasteiger partial charge in [-0.1, -0.05) is 32.3 Å². The number of carbonyl (C=O) groups is 1. The lowest BCUT2D eigenvalue weighted by molar-refractivity contribution is -0.135. The first-order valence-electron chi connectivity index (χ1n) is 10.4. The average molecular weight is 519 g/mol. The molecule has 1 aromatic heterocycles. The van der Waals surface area contributed by atoms with Crippen molar-refractivity contribution in [1.29, 1.82) is 0 Å². The first-order valence-corrected chi connectivity index (χ1v) is 11.3. The minimum Gasteiger partial charge on any atom is -0.356 e. The summed E-state index contributed by atoms with van der Waals surface area (Å²) in [6.45, 7) is 4.84. The molecule has 2 aliphatic rings. The molecule has 158 valence electrons. The molecule has 0 radical (unpaired) electrons. The summed E-state index contributed by atoms with van der Waals surface area (Å²) in [6, 6.07) is 4.61. The van der Waals surface area contributed by atoms with Gasteiger partial charge >= 0.3 is 0 Å². The van der Waals surface area contributed by atoms with E-state index >= 15 is 0 Å². The molecule has 0 spiro atoms. The molecular weight excluding hydrogens is 483 g/mol. The van der Waals surface area contributed by atoms with Gasteiger partial charge in [0.05, 0.1) is 0 Å². The molecule has 1 aromatic rings. The maximum atomic E-state index is 12.7. The van der Waals surface area contributed by atoms with Crippen LogP contribution in [0.5, 0.6) is 0 Å². The second kappa shape index (κ2) is 12.0. The number of hydrogen-bond acceptors (Lipinski definition) is 3. The summed E-state index contributed by atoms with van der Waals surface area (Å²) >= 11 is 1.82. The van der Waals surface area contributed by atoms with Crippen LogP contribution in [0, 0.1) is 11.8 Å². The Labute approximate surface area is 190 Å². The molecule has 0 bridgehead atoms. The zero-order valence-corrected chi connectivity index (χ0v) is 20.3. The van der Waals surface area contributed by atoms with E-state index in [-0.39, 0.29) is 29.9 Å². The number of aliphatic imine (C=N–C) groups is 1. The van der Waals surface area contributed by atoms with Crippen molar-refractivity contribution in [3.05, 3.63) is 22.4 Å². The number of rotatable bonds is 6. The molecule has 1 saturated heterocycles. The normalized spacial score (nSPS) is 21.9. The fourth-order valence-electron chi connectivity index (χ4n) is 4.19. The van der Waals surface area contributed by atoms with Crippen molar-refractivity contribution in [2.24, 2.45) is 16.8 Å². The predicted molar refractivity (Wildman–Crippen MR) is 129 cm³/mol. The monoisotopic (exact) mass is 518 g/mol. The Morgan fingerprint density at radius 1 is 1.32 bits per heavy atom. The molecule has 1 amide bonds. The minimum atomic E-state index is 0. The van der Waals surface area contributed by atoms with Gasteiger partial charge in [0.15, 0.2) is 5.96 Å². The topological polar surface area (TPSA) is 56.7 Å². The largest absolute Gasteiger partial charge is 0.356 e. The Balaban J connectivity index is 0.00000280. The number of carbonyl (C=O) groups excluding carboxylic acids is 1. The van der Waals surface area contributed by atoms with Gasteiger partial charge in [-0.15, -0.1) is 35.3 Å². The van der Waals surface area contributed by atoms with Gasteiger partial charge in [-0.05, 0) is 43.0 Å². The fraction of sp³-hybridized carbons (Fsp3) is 0.714. The first kappa shape index (κ1) is 23.4. The van der Waals surface area contributed by atoms with Crippen LogP contribution in [0.4, 0.5) is 0 Å². The standard InChI is InChI=1S/C21H34N4OS.HI/c1-16(13-19-9-6-12-27-19)14-23-21(22-2)24-18-10-11-25(15-18)20(26)17-7-4-3-5-8-17;/h6,9,12,16-18H,3-5,7-8,10-11,13-15H2,1-2H3,(H2,22,23,24);1H. The average Bonchev–Trinajstić information content (AvgIpc) is 3.37. The van der Waals surface area contributed by atoms with E-state index in [4.69, 9.17) is 0 Å². The quantitative estimate of drug-likeness (QED) is 0.342. The number of nitrogens with one attached hydrogen (secondary N) is 2. The molecule has 1 aliphatic heterocycles. The summed E-state index contributed by atoms with van der Waals surface area (Å²) in [5.74, 6) is 2.06. The van der Waals surface area contributed by atoms with Crippen molar-refractivity contribution in [3.63, 3.8) is 0 Å². The van der Waals surface area contributed by atoms with Crippen LogP contribution in [0.2, 0.25) is 0 Å². The van der Waals surface area contributed by atoms with Crippen LogP contribution < -0.4 is 10.6 Å². The second-order valence-electron chi connectivity index (χ2n) is 8.09. The predicted octanol–water partition coefficient (Wildman–Crippen LogP) is 3.89. The van der Waals surface area contributed by atoms with Gasteiger partial charge in [-0.25, -0.2) is 0 Å². The Morgan fingerprint density at radius 3 is 2.79 bits per heavy atom. The highest BCUT2D eigenvalue weighted by atomic mass is 127. The molecule has 2 unspecified atom stereocenters. The van der Waals surface area contributed by atoms with Gasteiger partial charge in [0, 0.05) is 43.5 Å². The molecular formula is C21H35IN4OS. The van der Waals surface area contributed by atoms with Gasteiger partial charge in [0.2, 0.25) is 5.91 Å². The third-order valence-corrected chi connectivity index (χ3v) is 6.67. The molecule has 2 N–H and O–H groups in total. The van der Waals surface area contributed by atoms with Gasteiger partial charge in [0.1, 0.15) is 0 Å². The molecule has 1 saturated carbocycles. The summed E-state index contributed by atoms with van der Waals surface area (Å²) in [5, 5.41) is 9.11. The number of guanidine groups is 1. The molecule has 0 aromatic carbocycles. The summed E-state index contributed by atoms with van der Waals surface area (Å²) in [6.07, 6.45) is 7.98. The van der Waals surface area contributed by atoms with Crippen LogP contribution in [0.15, 0.2) is 22.5 Å². The van der Waals surface area contributed by atoms with E-state index in [2.05, 4.69) is 45.0 Å². The van der Waals surface area contributed by atoms with Crippen molar-refractivity contribution in [2.45, 2.75) is 57.9 Å². The molecule has 2 fully saturated rings. The SMILES string of the molecule is CN=C(NCC(C)Cc1cccs1)NC1CCN(C(=O)C2CCCCC2)C1.I. The zero-order chi connectivity index (χ0) is 19.1. The number of halogens is 1. The number of hydrogen-bond donors (Lipinski definition) is 2. The highest BCUT2D eigenvalue weighted by Gasteiger charge is 2.31. The Morgan fingerprint density at radius 2 is 2.11 bits per heavy atom. The summed E-state index contributed by atoms with van der Waals surface area (Å²) in [5.41, 5.74) is 0. The van der Waals surface area contributed by atoms with Crippen LogP contribution >= 0.6 is 35.3 Å². The number of thiophene rings is 1. The van der Waals surface area contributed by atoms with E-state index in [9.17, 15) is 4.79 Å². The van der Waals surface area contributed by atoms with Crippen molar-refractivity contribution < 1.29 is 4.79 Å². The highest BCUT2D eigenvalue weighted by Crippen LogP contribution is 2.26. The molecule has 2 atom stereocenters. The Hall–Kier alpha value is -0.830. The van der Waals surface area contributed by atoms with Crippen LogP contribution in [0.3, 0.4) is 0 Å². The van der Waals surface area contributed by atoms with Gasteiger partial charge in [0.25, 0.3) is 0 Å². The summed E-state index contributed by atoms with van der Waals surface area (Å²) < 4.78 is 0. The lowest BCUT2D eigenvalue weighted by Crippen LogP contribution is -2.46. The zero-order valence-electron chi connectivity index (χ0n) is 17.2. The third kappa shape index (κ3) is 6.90. The van der Waals surface area contributed by atoms with E-state index in [0.717, 1.165) is 51.3 Å². The van der Waals surface area contributed by atoms with Crippen LogP contribution in [0.25, 0.3) is 0 Å². The summed E-state index contributed by atoms with van der Waals surface area (Å²) in [7, 11) is 1.82. The van der Waals surface area contributed by atoms with Crippen molar-refractivity contribution in [3.8, 4) is 0 Å². The van der Waals surface area contributed by atoms with Crippen molar-refractivity contribution in [1.82, 2.24) is 15.5 Å². The van der Waals surface area contributed by atoms with Crippen molar-refractivity contribution >= 4 is 47.2 Å². The minimum absolute atomic E-state index is 0. The Bertz CT molecular complexity index is 616. The molecule has 28 heavy (non-hydrogen) atoms. The van der Waals surface area contributed by atoms with Crippen LogP contribution in [-0.4, -0.2) is 49.5 Å². The third-order valence-electron chi connectivity index (χ3n) is 5.77. The van der Waals surface area contributed by atoms with E-state index in [0.29, 0.717) is 17.9 Å². The first-order chi connectivity index (χ1) is 13.2. The molecule has 5 nitrogen and oxygen atoms in total. The van der Waals surface area contributed by atoms with Gasteiger partial charge in [-0.3, -0.25) is 9.79 Å². The number of amides is 1. The van der Waals surface area contributed by atoms with E-state index in [1.54, 1.807) is 0 Å². The Kier molecular flexibility index (Phi) is 10.0. The van der Waals surface area contributed by atoms with Crippen LogP contribution in [0.1, 0.15) is 50.3 Å². The van der Waals surface area contributed by atoms with E-state index in [1.807, 2.05) is 18.4 Å². The molecule has 1 aliphatic carbocycles. The molecule has 3 rings (SSSR count). The van der Waals surface area contributed by atoms with Gasteiger partial charge in [-0.2, -0.15) is 0 Å². The molecule has 7 heteroatoms. The smallest absolute Gasteiger partial charge is 0.225 e. The fourth-order valence-corrected chi connectivity index (χ4v) is 5.06. The second-order valence-corrected chi connectivity index (χ2v) is 9.12. The number of nitrogens with zero attached hydrogens (tertiary/aromatic N) is 2. The van der Waals surface area contributed by atoms with Gasteiger partial charge < -0.3 is 15.5 Å². The highest BCUT2D eigenvalue weighted by molar-refractivity contribution is 14.0. The van der Waals surface area contributed by atoms with E-state index < -0.39 is 0 Å². The summed E-state index contributed by atoms with van der Waals surface area (Å²) in [4.78, 5) is 20.6. The van der Waals surface area contributed by atoms with E-state index in [1.165, 1.54) is 24.1 Å². The maximum absolute atomic E-state index is 12.7. The van der Waals surface area contributed by atoms with Crippen LogP contribution in [-0.2, 0) is 11.2 Å².